The van der Waals surface area contributed by atoms with E-state index in [9.17, 15) is 14.4 Å². The maximum Gasteiger partial charge on any atom is 0.284 e. The number of amides is 3. The van der Waals surface area contributed by atoms with Crippen LogP contribution in [0.25, 0.3) is 0 Å². The highest BCUT2D eigenvalue weighted by atomic mass is 35.5. The lowest BCUT2D eigenvalue weighted by molar-refractivity contribution is -0.135. The zero-order valence-electron chi connectivity index (χ0n) is 22.1. The molecule has 2 fully saturated rings. The van der Waals surface area contributed by atoms with E-state index in [1.165, 1.54) is 6.20 Å². The SMILES string of the molecule is CN(C)C(=O)[C@H]1CC[C@H](NC(=S)C(=O)Nc2ccc(Cl)cn2)[C@H](NC(=O)C2CCN(c3ccncc3)CC2)C1. The normalized spacial score (nSPS) is 21.5. The van der Waals surface area contributed by atoms with Gasteiger partial charge in [-0.15, -0.1) is 0 Å². The third-order valence-electron chi connectivity index (χ3n) is 7.35. The molecule has 0 radical (unpaired) electrons. The smallest absolute Gasteiger partial charge is 0.284 e. The van der Waals surface area contributed by atoms with Crippen LogP contribution in [0, 0.1) is 11.8 Å². The molecule has 1 saturated heterocycles. The number of anilines is 2. The van der Waals surface area contributed by atoms with Gasteiger partial charge in [0.1, 0.15) is 5.82 Å². The van der Waals surface area contributed by atoms with Crippen molar-refractivity contribution in [2.75, 3.05) is 37.4 Å². The molecule has 3 atom stereocenters. The quantitative estimate of drug-likeness (QED) is 0.453. The van der Waals surface area contributed by atoms with Gasteiger partial charge in [0.15, 0.2) is 4.99 Å². The first-order valence-corrected chi connectivity index (χ1v) is 13.9. The number of thiocarbonyl (C=S) groups is 1. The molecular weight excluding hydrogens is 538 g/mol. The number of aromatic nitrogens is 2. The Morgan fingerprint density at radius 3 is 2.33 bits per heavy atom. The molecule has 0 bridgehead atoms. The van der Waals surface area contributed by atoms with E-state index in [4.69, 9.17) is 23.8 Å². The van der Waals surface area contributed by atoms with E-state index < -0.39 is 5.91 Å². The summed E-state index contributed by atoms with van der Waals surface area (Å²) in [5, 5.41) is 9.45. The van der Waals surface area contributed by atoms with Gasteiger partial charge in [0, 0.05) is 75.4 Å². The molecule has 0 unspecified atom stereocenters. The molecule has 2 aromatic heterocycles. The van der Waals surface area contributed by atoms with E-state index in [2.05, 4.69) is 30.8 Å². The summed E-state index contributed by atoms with van der Waals surface area (Å²) >= 11 is 11.2. The Labute approximate surface area is 238 Å². The summed E-state index contributed by atoms with van der Waals surface area (Å²) in [6.07, 6.45) is 8.13. The predicted molar refractivity (Wildman–Crippen MR) is 155 cm³/mol. The number of piperidine rings is 1. The Morgan fingerprint density at radius 1 is 0.974 bits per heavy atom. The minimum atomic E-state index is -0.500. The summed E-state index contributed by atoms with van der Waals surface area (Å²) in [6.45, 7) is 1.55. The first kappa shape index (κ1) is 28.7. The van der Waals surface area contributed by atoms with Gasteiger partial charge in [-0.25, -0.2) is 4.98 Å². The Kier molecular flexibility index (Phi) is 9.68. The number of hydrogen-bond donors (Lipinski definition) is 3. The van der Waals surface area contributed by atoms with Crippen LogP contribution in [0.5, 0.6) is 0 Å². The molecule has 12 heteroatoms. The predicted octanol–water partition coefficient (Wildman–Crippen LogP) is 2.64. The number of carbonyl (C=O) groups is 3. The molecule has 10 nitrogen and oxygen atoms in total. The Balaban J connectivity index is 1.38. The van der Waals surface area contributed by atoms with Gasteiger partial charge in [0.25, 0.3) is 5.91 Å². The lowest BCUT2D eigenvalue weighted by Crippen LogP contribution is -2.58. The second-order valence-electron chi connectivity index (χ2n) is 10.2. The highest BCUT2D eigenvalue weighted by molar-refractivity contribution is 7.82. The van der Waals surface area contributed by atoms with Crippen molar-refractivity contribution < 1.29 is 14.4 Å². The summed E-state index contributed by atoms with van der Waals surface area (Å²) in [7, 11) is 3.47. The number of rotatable bonds is 6. The van der Waals surface area contributed by atoms with Crippen LogP contribution in [-0.2, 0) is 14.4 Å². The summed E-state index contributed by atoms with van der Waals surface area (Å²) in [5.74, 6) is -0.499. The first-order valence-electron chi connectivity index (χ1n) is 13.1. The van der Waals surface area contributed by atoms with Crippen LogP contribution in [-0.4, -0.2) is 76.8 Å². The topological polar surface area (TPSA) is 120 Å². The number of carbonyl (C=O) groups excluding carboxylic acids is 3. The molecule has 208 valence electrons. The molecule has 1 aliphatic heterocycles. The van der Waals surface area contributed by atoms with Crippen LogP contribution in [0.2, 0.25) is 5.02 Å². The maximum absolute atomic E-state index is 13.4. The Hall–Kier alpha value is -3.31. The van der Waals surface area contributed by atoms with Crippen molar-refractivity contribution in [2.45, 2.75) is 44.2 Å². The molecule has 39 heavy (non-hydrogen) atoms. The van der Waals surface area contributed by atoms with Gasteiger partial charge in [0.05, 0.1) is 5.02 Å². The lowest BCUT2D eigenvalue weighted by atomic mass is 9.81. The lowest BCUT2D eigenvalue weighted by Gasteiger charge is -2.39. The van der Waals surface area contributed by atoms with Crippen molar-refractivity contribution in [2.24, 2.45) is 11.8 Å². The number of hydrogen-bond acceptors (Lipinski definition) is 7. The average Bonchev–Trinajstić information content (AvgIpc) is 2.95. The average molecular weight is 572 g/mol. The van der Waals surface area contributed by atoms with Crippen LogP contribution in [0.3, 0.4) is 0 Å². The molecule has 4 rings (SSSR count). The third-order valence-corrected chi connectivity index (χ3v) is 7.88. The molecule has 0 aromatic carbocycles. The number of halogens is 1. The second kappa shape index (κ2) is 13.2. The molecule has 3 amide bonds. The first-order chi connectivity index (χ1) is 18.7. The van der Waals surface area contributed by atoms with Gasteiger partial charge in [-0.1, -0.05) is 23.8 Å². The number of nitrogens with one attached hydrogen (secondary N) is 3. The van der Waals surface area contributed by atoms with Crippen LogP contribution in [0.15, 0.2) is 42.9 Å². The highest BCUT2D eigenvalue weighted by Gasteiger charge is 2.37. The van der Waals surface area contributed by atoms with E-state index in [0.29, 0.717) is 30.1 Å². The van der Waals surface area contributed by atoms with Crippen molar-refractivity contribution in [3.63, 3.8) is 0 Å². The second-order valence-corrected chi connectivity index (χ2v) is 11.1. The van der Waals surface area contributed by atoms with Crippen LogP contribution in [0.4, 0.5) is 11.5 Å². The van der Waals surface area contributed by atoms with E-state index in [1.807, 2.05) is 12.1 Å². The molecular formula is C27H34ClN7O3S. The van der Waals surface area contributed by atoms with Crippen LogP contribution in [0.1, 0.15) is 32.1 Å². The van der Waals surface area contributed by atoms with Gasteiger partial charge in [0.2, 0.25) is 11.8 Å². The number of pyridine rings is 2. The minimum Gasteiger partial charge on any atom is -0.371 e. The molecule has 1 saturated carbocycles. The summed E-state index contributed by atoms with van der Waals surface area (Å²) in [5.41, 5.74) is 1.10. The molecule has 2 aliphatic rings. The standard InChI is InChI=1S/C27H34ClN7O3S/c1-34(2)27(38)18-3-5-21(32-26(39)25(37)33-23-6-4-19(28)16-30-23)22(15-18)31-24(36)17-9-13-35(14-10-17)20-7-11-29-12-8-20/h4,6-8,11-12,16-18,21-22H,3,5,9-10,13-15H2,1-2H3,(H,31,36)(H,32,39)(H,30,33,37)/t18-,21-,22+/m0/s1. The van der Waals surface area contributed by atoms with Gasteiger partial charge < -0.3 is 25.8 Å². The van der Waals surface area contributed by atoms with Gasteiger partial charge in [-0.3, -0.25) is 19.4 Å². The Morgan fingerprint density at radius 2 is 1.69 bits per heavy atom. The molecule has 3 heterocycles. The van der Waals surface area contributed by atoms with Crippen LogP contribution < -0.4 is 20.9 Å². The van der Waals surface area contributed by atoms with Gasteiger partial charge in [-0.2, -0.15) is 0 Å². The fraction of sp³-hybridized carbons (Fsp3) is 0.481. The molecule has 0 spiro atoms. The van der Waals surface area contributed by atoms with Gasteiger partial charge in [-0.05, 0) is 56.4 Å². The van der Waals surface area contributed by atoms with E-state index in [0.717, 1.165) is 31.6 Å². The van der Waals surface area contributed by atoms with E-state index >= 15 is 0 Å². The fourth-order valence-electron chi connectivity index (χ4n) is 5.20. The minimum absolute atomic E-state index is 0.000885. The largest absolute Gasteiger partial charge is 0.371 e. The van der Waals surface area contributed by atoms with Crippen molar-refractivity contribution in [1.82, 2.24) is 25.5 Å². The third kappa shape index (κ3) is 7.63. The van der Waals surface area contributed by atoms with Crippen molar-refractivity contribution in [3.8, 4) is 0 Å². The fourth-order valence-corrected chi connectivity index (χ4v) is 5.52. The summed E-state index contributed by atoms with van der Waals surface area (Å²) in [4.78, 5) is 50.8. The Bertz CT molecular complexity index is 1170. The van der Waals surface area contributed by atoms with E-state index in [1.54, 1.807) is 43.5 Å². The van der Waals surface area contributed by atoms with Crippen molar-refractivity contribution in [3.05, 3.63) is 47.9 Å². The van der Waals surface area contributed by atoms with E-state index in [-0.39, 0.29) is 40.7 Å². The summed E-state index contributed by atoms with van der Waals surface area (Å²) < 4.78 is 0. The summed E-state index contributed by atoms with van der Waals surface area (Å²) in [6, 6.07) is 6.53. The van der Waals surface area contributed by atoms with Crippen LogP contribution >= 0.6 is 23.8 Å². The van der Waals surface area contributed by atoms with Gasteiger partial charge >= 0.3 is 0 Å². The zero-order valence-corrected chi connectivity index (χ0v) is 23.7. The number of nitrogens with zero attached hydrogens (tertiary/aromatic N) is 4. The monoisotopic (exact) mass is 571 g/mol. The van der Waals surface area contributed by atoms with Crippen molar-refractivity contribution in [1.29, 1.82) is 0 Å². The molecule has 3 N–H and O–H groups in total. The maximum atomic E-state index is 13.4. The molecule has 2 aromatic rings. The molecule has 1 aliphatic carbocycles. The highest BCUT2D eigenvalue weighted by Crippen LogP contribution is 2.28. The van der Waals surface area contributed by atoms with Crippen molar-refractivity contribution >= 4 is 58.0 Å². The zero-order chi connectivity index (χ0) is 27.9.